The van der Waals surface area contributed by atoms with E-state index in [1.807, 2.05) is 59.5 Å². The van der Waals surface area contributed by atoms with E-state index < -0.39 is 0 Å². The molecule has 5 heteroatoms. The van der Waals surface area contributed by atoms with Gasteiger partial charge in [0.2, 0.25) is 0 Å². The molecule has 2 heterocycles. The summed E-state index contributed by atoms with van der Waals surface area (Å²) in [5.74, 6) is 0.0134. The molecule has 4 aromatic rings. The average molecular weight is 424 g/mol. The molecular formula is C27H25N3O2. The first kappa shape index (κ1) is 20.1. The predicted molar refractivity (Wildman–Crippen MR) is 129 cm³/mol. The lowest BCUT2D eigenvalue weighted by atomic mass is 10.0. The van der Waals surface area contributed by atoms with Crippen LogP contribution in [0.25, 0.3) is 27.9 Å². The number of aromatic nitrogens is 2. The summed E-state index contributed by atoms with van der Waals surface area (Å²) in [4.78, 5) is 30.2. The number of aryl methyl sites for hydroxylation is 1. The number of benzene rings is 3. The van der Waals surface area contributed by atoms with E-state index in [-0.39, 0.29) is 11.6 Å². The van der Waals surface area contributed by atoms with Crippen molar-refractivity contribution < 1.29 is 4.79 Å². The number of carbonyl (C=O) groups is 1. The van der Waals surface area contributed by atoms with E-state index in [4.69, 9.17) is 0 Å². The average Bonchev–Trinajstić information content (AvgIpc) is 3.19. The number of nitrogens with one attached hydrogen (secondary N) is 1. The van der Waals surface area contributed by atoms with E-state index in [0.29, 0.717) is 25.1 Å². The molecule has 0 atom stereocenters. The first-order valence-corrected chi connectivity index (χ1v) is 11.0. The number of amides is 1. The van der Waals surface area contributed by atoms with Crippen LogP contribution in [0.4, 0.5) is 0 Å². The predicted octanol–water partition coefficient (Wildman–Crippen LogP) is 4.95. The van der Waals surface area contributed by atoms with Crippen molar-refractivity contribution in [1.82, 2.24) is 14.5 Å². The Morgan fingerprint density at radius 1 is 0.938 bits per heavy atom. The number of aromatic amines is 1. The van der Waals surface area contributed by atoms with E-state index in [0.717, 1.165) is 34.3 Å². The molecule has 1 N–H and O–H groups in total. The van der Waals surface area contributed by atoms with Crippen LogP contribution in [0.2, 0.25) is 0 Å². The lowest BCUT2D eigenvalue weighted by Gasteiger charge is -2.27. The third kappa shape index (κ3) is 3.66. The number of hydrogen-bond donors (Lipinski definition) is 1. The minimum Gasteiger partial charge on any atom is -0.334 e. The van der Waals surface area contributed by atoms with Gasteiger partial charge in [0.1, 0.15) is 0 Å². The number of nitrogens with zero attached hydrogens (tertiary/aromatic N) is 2. The summed E-state index contributed by atoms with van der Waals surface area (Å²) in [6.07, 6.45) is 3.64. The molecule has 0 bridgehead atoms. The summed E-state index contributed by atoms with van der Waals surface area (Å²) in [7, 11) is 0. The Balaban J connectivity index is 1.32. The highest BCUT2D eigenvalue weighted by Gasteiger charge is 2.21. The van der Waals surface area contributed by atoms with Gasteiger partial charge in [0.15, 0.2) is 0 Å². The molecule has 32 heavy (non-hydrogen) atoms. The van der Waals surface area contributed by atoms with Gasteiger partial charge in [-0.1, -0.05) is 55.5 Å². The monoisotopic (exact) mass is 423 g/mol. The Morgan fingerprint density at radius 3 is 2.28 bits per heavy atom. The molecule has 5 nitrogen and oxygen atoms in total. The lowest BCUT2D eigenvalue weighted by Crippen LogP contribution is -2.36. The number of carbonyl (C=O) groups excluding carboxylic acids is 1. The molecule has 0 spiro atoms. The smallest absolute Gasteiger partial charge is 0.330 e. The minimum absolute atomic E-state index is 0.0134. The molecule has 1 aliphatic rings. The van der Waals surface area contributed by atoms with Gasteiger partial charge >= 0.3 is 5.69 Å². The largest absolute Gasteiger partial charge is 0.334 e. The molecule has 160 valence electrons. The van der Waals surface area contributed by atoms with Crippen LogP contribution >= 0.6 is 0 Å². The molecule has 1 aliphatic heterocycles. The maximum Gasteiger partial charge on any atom is 0.330 e. The maximum atomic E-state index is 13.0. The van der Waals surface area contributed by atoms with Crippen LogP contribution in [0.15, 0.2) is 83.7 Å². The maximum absolute atomic E-state index is 13.0. The number of para-hydroxylation sites is 2. The Morgan fingerprint density at radius 2 is 1.62 bits per heavy atom. The van der Waals surface area contributed by atoms with Crippen molar-refractivity contribution in [2.45, 2.75) is 19.8 Å². The SMILES string of the molecule is CCc1ccc(-c2ccc(C(=O)N3CC=C(n4c(=O)[nH]c5ccccc54)CC3)cc2)cc1. The fourth-order valence-electron chi connectivity index (χ4n) is 4.31. The van der Waals surface area contributed by atoms with E-state index in [9.17, 15) is 9.59 Å². The Kier molecular flexibility index (Phi) is 5.23. The zero-order valence-electron chi connectivity index (χ0n) is 18.0. The molecule has 0 radical (unpaired) electrons. The van der Waals surface area contributed by atoms with Crippen molar-refractivity contribution in [3.8, 4) is 11.1 Å². The van der Waals surface area contributed by atoms with Gasteiger partial charge in [-0.3, -0.25) is 9.36 Å². The van der Waals surface area contributed by atoms with Gasteiger partial charge in [0, 0.05) is 30.8 Å². The molecule has 0 saturated heterocycles. The molecule has 5 rings (SSSR count). The van der Waals surface area contributed by atoms with Gasteiger partial charge in [0.05, 0.1) is 11.0 Å². The lowest BCUT2D eigenvalue weighted by molar-refractivity contribution is 0.0772. The molecule has 1 aromatic heterocycles. The van der Waals surface area contributed by atoms with Gasteiger partial charge in [-0.25, -0.2) is 4.79 Å². The van der Waals surface area contributed by atoms with Crippen molar-refractivity contribution in [2.75, 3.05) is 13.1 Å². The quantitative estimate of drug-likeness (QED) is 0.505. The standard InChI is InChI=1S/C27H25N3O2/c1-2-19-7-9-20(10-8-19)21-11-13-22(14-12-21)26(31)29-17-15-23(16-18-29)30-25-6-4-3-5-24(25)28-27(30)32/h3-15H,2,16-18H2,1H3,(H,28,32). The van der Waals surface area contributed by atoms with Crippen molar-refractivity contribution in [3.63, 3.8) is 0 Å². The second-order valence-corrected chi connectivity index (χ2v) is 8.11. The van der Waals surface area contributed by atoms with Gasteiger partial charge in [-0.05, 0) is 53.5 Å². The van der Waals surface area contributed by atoms with Gasteiger partial charge in [-0.2, -0.15) is 0 Å². The van der Waals surface area contributed by atoms with Crippen LogP contribution in [0.1, 0.15) is 29.3 Å². The fourth-order valence-corrected chi connectivity index (χ4v) is 4.31. The Bertz CT molecular complexity index is 1360. The van der Waals surface area contributed by atoms with Crippen molar-refractivity contribution in [1.29, 1.82) is 0 Å². The number of rotatable bonds is 4. The summed E-state index contributed by atoms with van der Waals surface area (Å²) in [5.41, 5.74) is 6.72. The molecule has 0 saturated carbocycles. The first-order chi connectivity index (χ1) is 15.6. The number of imidazole rings is 1. The summed E-state index contributed by atoms with van der Waals surface area (Å²) >= 11 is 0. The van der Waals surface area contributed by atoms with Crippen LogP contribution in [0, 0.1) is 0 Å². The fraction of sp³-hybridized carbons (Fsp3) is 0.185. The second-order valence-electron chi connectivity index (χ2n) is 8.11. The molecule has 1 amide bonds. The van der Waals surface area contributed by atoms with Crippen LogP contribution in [-0.2, 0) is 6.42 Å². The second kappa shape index (κ2) is 8.35. The van der Waals surface area contributed by atoms with E-state index >= 15 is 0 Å². The highest BCUT2D eigenvalue weighted by Crippen LogP contribution is 2.23. The van der Waals surface area contributed by atoms with E-state index in [1.54, 1.807) is 4.57 Å². The Labute approximate surface area is 186 Å². The highest BCUT2D eigenvalue weighted by molar-refractivity contribution is 5.95. The van der Waals surface area contributed by atoms with Crippen molar-refractivity contribution >= 4 is 22.6 Å². The van der Waals surface area contributed by atoms with E-state index in [1.165, 1.54) is 5.56 Å². The number of hydrogen-bond acceptors (Lipinski definition) is 2. The zero-order valence-corrected chi connectivity index (χ0v) is 18.0. The topological polar surface area (TPSA) is 58.1 Å². The van der Waals surface area contributed by atoms with Gasteiger partial charge in [0.25, 0.3) is 5.91 Å². The number of H-pyrrole nitrogens is 1. The minimum atomic E-state index is -0.139. The molecule has 3 aromatic carbocycles. The third-order valence-electron chi connectivity index (χ3n) is 6.18. The third-order valence-corrected chi connectivity index (χ3v) is 6.18. The first-order valence-electron chi connectivity index (χ1n) is 11.0. The van der Waals surface area contributed by atoms with Crippen LogP contribution < -0.4 is 5.69 Å². The van der Waals surface area contributed by atoms with Gasteiger partial charge < -0.3 is 9.88 Å². The van der Waals surface area contributed by atoms with E-state index in [2.05, 4.69) is 36.2 Å². The highest BCUT2D eigenvalue weighted by atomic mass is 16.2. The summed E-state index contributed by atoms with van der Waals surface area (Å²) in [6.45, 7) is 3.21. The number of fused-ring (bicyclic) bond motifs is 1. The zero-order chi connectivity index (χ0) is 22.1. The van der Waals surface area contributed by atoms with Crippen LogP contribution in [0.5, 0.6) is 0 Å². The van der Waals surface area contributed by atoms with Gasteiger partial charge in [-0.15, -0.1) is 0 Å². The van der Waals surface area contributed by atoms with Crippen LogP contribution in [-0.4, -0.2) is 33.4 Å². The summed E-state index contributed by atoms with van der Waals surface area (Å²) in [6, 6.07) is 24.0. The van der Waals surface area contributed by atoms with Crippen LogP contribution in [0.3, 0.4) is 0 Å². The summed E-state index contributed by atoms with van der Waals surface area (Å²) < 4.78 is 1.72. The molecular weight excluding hydrogens is 398 g/mol. The molecule has 0 unspecified atom stereocenters. The molecule has 0 aliphatic carbocycles. The molecule has 0 fully saturated rings. The van der Waals surface area contributed by atoms with Crippen molar-refractivity contribution in [2.24, 2.45) is 0 Å². The Hall–Kier alpha value is -3.86. The normalized spacial score (nSPS) is 13.9. The van der Waals surface area contributed by atoms with Crippen molar-refractivity contribution in [3.05, 3.63) is 100 Å². The summed E-state index contributed by atoms with van der Waals surface area (Å²) in [5, 5.41) is 0.